The van der Waals surface area contributed by atoms with Gasteiger partial charge in [0.25, 0.3) is 0 Å². The van der Waals surface area contributed by atoms with Gasteiger partial charge in [-0.3, -0.25) is 14.9 Å². The normalized spacial score (nSPS) is 24.2. The van der Waals surface area contributed by atoms with Crippen LogP contribution in [0.5, 0.6) is 0 Å². The van der Waals surface area contributed by atoms with Crippen molar-refractivity contribution in [2.24, 2.45) is 0 Å². The van der Waals surface area contributed by atoms with E-state index in [1.54, 1.807) is 12.4 Å². The fourth-order valence-corrected chi connectivity index (χ4v) is 2.43. The second kappa shape index (κ2) is 5.37. The summed E-state index contributed by atoms with van der Waals surface area (Å²) in [4.78, 5) is 10.8. The highest BCUT2D eigenvalue weighted by Gasteiger charge is 2.27. The van der Waals surface area contributed by atoms with Crippen molar-refractivity contribution in [2.45, 2.75) is 38.3 Å². The molecule has 2 heterocycles. The van der Waals surface area contributed by atoms with E-state index >= 15 is 0 Å². The summed E-state index contributed by atoms with van der Waals surface area (Å²) >= 11 is 0. The minimum atomic E-state index is 0.241. The Balaban J connectivity index is 2.10. The first kappa shape index (κ1) is 11.5. The van der Waals surface area contributed by atoms with Crippen molar-refractivity contribution >= 4 is 0 Å². The van der Waals surface area contributed by atoms with E-state index in [1.807, 2.05) is 6.20 Å². The van der Waals surface area contributed by atoms with E-state index < -0.39 is 0 Å². The second-order valence-corrected chi connectivity index (χ2v) is 4.38. The highest BCUT2D eigenvalue weighted by molar-refractivity contribution is 5.02. The summed E-state index contributed by atoms with van der Waals surface area (Å²) < 4.78 is 0. The maximum Gasteiger partial charge on any atom is 0.0755 e. The SMILES string of the molecule is C[C@H](c1cnccn1)N1CCCC[C@@H]1CO. The molecule has 16 heavy (non-hydrogen) atoms. The Morgan fingerprint density at radius 2 is 2.38 bits per heavy atom. The van der Waals surface area contributed by atoms with Crippen LogP contribution in [0.1, 0.15) is 37.9 Å². The molecule has 0 amide bonds. The zero-order valence-electron chi connectivity index (χ0n) is 9.71. The molecule has 88 valence electrons. The number of aromatic nitrogens is 2. The van der Waals surface area contributed by atoms with Crippen molar-refractivity contribution in [3.63, 3.8) is 0 Å². The van der Waals surface area contributed by atoms with E-state index in [0.717, 1.165) is 18.7 Å². The molecule has 2 rings (SSSR count). The Morgan fingerprint density at radius 1 is 1.50 bits per heavy atom. The third kappa shape index (κ3) is 2.39. The third-order valence-corrected chi connectivity index (χ3v) is 3.39. The van der Waals surface area contributed by atoms with Gasteiger partial charge in [0.15, 0.2) is 0 Å². The molecular formula is C12H19N3O. The first-order chi connectivity index (χ1) is 7.83. The highest BCUT2D eigenvalue weighted by atomic mass is 16.3. The molecule has 0 unspecified atom stereocenters. The quantitative estimate of drug-likeness (QED) is 0.838. The molecule has 0 aromatic carbocycles. The maximum absolute atomic E-state index is 9.38. The molecule has 0 bridgehead atoms. The van der Waals surface area contributed by atoms with E-state index in [9.17, 15) is 5.11 Å². The van der Waals surface area contributed by atoms with Crippen LogP contribution in [-0.4, -0.2) is 39.2 Å². The Morgan fingerprint density at radius 3 is 3.06 bits per heavy atom. The summed E-state index contributed by atoms with van der Waals surface area (Å²) in [6, 6.07) is 0.525. The predicted octanol–water partition coefficient (Wildman–Crippen LogP) is 1.38. The van der Waals surface area contributed by atoms with Gasteiger partial charge in [0.1, 0.15) is 0 Å². The molecular weight excluding hydrogens is 202 g/mol. The van der Waals surface area contributed by atoms with Crippen LogP contribution >= 0.6 is 0 Å². The molecule has 1 aromatic rings. The summed E-state index contributed by atoms with van der Waals surface area (Å²) in [5.74, 6) is 0. The topological polar surface area (TPSA) is 49.2 Å². The van der Waals surface area contributed by atoms with E-state index in [-0.39, 0.29) is 18.7 Å². The van der Waals surface area contributed by atoms with Gasteiger partial charge >= 0.3 is 0 Å². The van der Waals surface area contributed by atoms with Crippen molar-refractivity contribution < 1.29 is 5.11 Å². The van der Waals surface area contributed by atoms with Crippen molar-refractivity contribution in [2.75, 3.05) is 13.2 Å². The lowest BCUT2D eigenvalue weighted by molar-refractivity contribution is 0.0572. The van der Waals surface area contributed by atoms with Gasteiger partial charge in [-0.25, -0.2) is 0 Å². The number of aliphatic hydroxyl groups is 1. The van der Waals surface area contributed by atoms with Gasteiger partial charge in [0.2, 0.25) is 0 Å². The Bertz CT molecular complexity index is 317. The van der Waals surface area contributed by atoms with Crippen molar-refractivity contribution in [3.05, 3.63) is 24.3 Å². The fourth-order valence-electron chi connectivity index (χ4n) is 2.43. The summed E-state index contributed by atoms with van der Waals surface area (Å²) in [7, 11) is 0. The molecule has 1 N–H and O–H groups in total. The Hall–Kier alpha value is -1.00. The minimum Gasteiger partial charge on any atom is -0.395 e. The number of rotatable bonds is 3. The smallest absolute Gasteiger partial charge is 0.0755 e. The molecule has 1 aliphatic heterocycles. The van der Waals surface area contributed by atoms with Gasteiger partial charge in [-0.2, -0.15) is 0 Å². The molecule has 0 spiro atoms. The van der Waals surface area contributed by atoms with Crippen LogP contribution < -0.4 is 0 Å². The maximum atomic E-state index is 9.38. The van der Waals surface area contributed by atoms with Crippen molar-refractivity contribution in [1.82, 2.24) is 14.9 Å². The van der Waals surface area contributed by atoms with Crippen LogP contribution in [0.2, 0.25) is 0 Å². The first-order valence-corrected chi connectivity index (χ1v) is 5.95. The molecule has 0 aliphatic carbocycles. The van der Waals surface area contributed by atoms with E-state index in [0.29, 0.717) is 0 Å². The zero-order chi connectivity index (χ0) is 11.4. The lowest BCUT2D eigenvalue weighted by Gasteiger charge is -2.38. The van der Waals surface area contributed by atoms with Crippen molar-refractivity contribution in [1.29, 1.82) is 0 Å². The molecule has 1 aliphatic rings. The molecule has 0 radical (unpaired) electrons. The van der Waals surface area contributed by atoms with Gasteiger partial charge in [-0.15, -0.1) is 0 Å². The molecule has 1 saturated heterocycles. The number of piperidine rings is 1. The van der Waals surface area contributed by atoms with Gasteiger partial charge in [-0.1, -0.05) is 6.42 Å². The molecule has 1 fully saturated rings. The largest absolute Gasteiger partial charge is 0.395 e. The van der Waals surface area contributed by atoms with Gasteiger partial charge in [-0.05, 0) is 26.3 Å². The number of nitrogens with zero attached hydrogens (tertiary/aromatic N) is 3. The average Bonchev–Trinajstić information content (AvgIpc) is 2.39. The lowest BCUT2D eigenvalue weighted by Crippen LogP contribution is -2.43. The Kier molecular flexibility index (Phi) is 3.85. The molecule has 2 atom stereocenters. The summed E-state index contributed by atoms with van der Waals surface area (Å²) in [6.07, 6.45) is 8.74. The first-order valence-electron chi connectivity index (χ1n) is 5.95. The molecule has 0 saturated carbocycles. The highest BCUT2D eigenvalue weighted by Crippen LogP contribution is 2.26. The number of likely N-dealkylation sites (tertiary alicyclic amines) is 1. The van der Waals surface area contributed by atoms with Crippen LogP contribution in [0, 0.1) is 0 Å². The number of hydrogen-bond donors (Lipinski definition) is 1. The van der Waals surface area contributed by atoms with Crippen LogP contribution in [0.25, 0.3) is 0 Å². The van der Waals surface area contributed by atoms with E-state index in [4.69, 9.17) is 0 Å². The van der Waals surface area contributed by atoms with Gasteiger partial charge in [0, 0.05) is 24.6 Å². The number of hydrogen-bond acceptors (Lipinski definition) is 4. The summed E-state index contributed by atoms with van der Waals surface area (Å²) in [5.41, 5.74) is 0.989. The monoisotopic (exact) mass is 221 g/mol. The standard InChI is InChI=1S/C12H19N3O/c1-10(12-8-13-5-6-14-12)15-7-3-2-4-11(15)9-16/h5-6,8,10-11,16H,2-4,7,9H2,1H3/t10-,11-/m1/s1. The van der Waals surface area contributed by atoms with Crippen molar-refractivity contribution in [3.8, 4) is 0 Å². The average molecular weight is 221 g/mol. The predicted molar refractivity (Wildman–Crippen MR) is 61.9 cm³/mol. The zero-order valence-corrected chi connectivity index (χ0v) is 9.71. The van der Waals surface area contributed by atoms with Crippen LogP contribution in [0.4, 0.5) is 0 Å². The van der Waals surface area contributed by atoms with Crippen LogP contribution in [0.15, 0.2) is 18.6 Å². The van der Waals surface area contributed by atoms with E-state index in [2.05, 4.69) is 21.8 Å². The Labute approximate surface area is 96.3 Å². The summed E-state index contributed by atoms with van der Waals surface area (Å²) in [6.45, 7) is 3.42. The van der Waals surface area contributed by atoms with E-state index in [1.165, 1.54) is 12.8 Å². The van der Waals surface area contributed by atoms with Gasteiger partial charge in [0.05, 0.1) is 18.3 Å². The molecule has 4 heteroatoms. The van der Waals surface area contributed by atoms with Crippen LogP contribution in [0.3, 0.4) is 0 Å². The summed E-state index contributed by atoms with van der Waals surface area (Å²) in [5, 5.41) is 9.38. The van der Waals surface area contributed by atoms with Gasteiger partial charge < -0.3 is 5.11 Å². The molecule has 4 nitrogen and oxygen atoms in total. The molecule has 1 aromatic heterocycles. The lowest BCUT2D eigenvalue weighted by atomic mass is 10.00. The fraction of sp³-hybridized carbons (Fsp3) is 0.667. The third-order valence-electron chi connectivity index (χ3n) is 3.39. The number of aliphatic hydroxyl groups excluding tert-OH is 1. The minimum absolute atomic E-state index is 0.241. The van der Waals surface area contributed by atoms with Crippen LogP contribution in [-0.2, 0) is 0 Å². The second-order valence-electron chi connectivity index (χ2n) is 4.38.